The van der Waals surface area contributed by atoms with Gasteiger partial charge in [0, 0.05) is 17.9 Å². The number of benzene rings is 1. The van der Waals surface area contributed by atoms with Crippen molar-refractivity contribution < 1.29 is 13.8 Å². The average molecular weight is 303 g/mol. The highest BCUT2D eigenvalue weighted by Crippen LogP contribution is 2.26. The number of furan rings is 1. The number of hydrogen-bond acceptors (Lipinski definition) is 7. The van der Waals surface area contributed by atoms with Crippen LogP contribution in [-0.4, -0.2) is 15.1 Å². The van der Waals surface area contributed by atoms with Gasteiger partial charge in [-0.25, -0.2) is 0 Å². The molecule has 0 amide bonds. The summed E-state index contributed by atoms with van der Waals surface area (Å²) in [7, 11) is 0. The molecule has 3 rings (SSSR count). The Bertz CT molecular complexity index is 737. The van der Waals surface area contributed by atoms with Gasteiger partial charge in [-0.05, 0) is 11.6 Å². The summed E-state index contributed by atoms with van der Waals surface area (Å²) in [5.41, 5.74) is 1.74. The number of nitro groups is 1. The molecule has 1 aromatic carbocycles. The molecule has 0 aliphatic rings. The van der Waals surface area contributed by atoms with Crippen LogP contribution in [0, 0.1) is 10.1 Å². The maximum absolute atomic E-state index is 10.6. The molecule has 0 unspecified atom stereocenters. The molecule has 0 atom stereocenters. The van der Waals surface area contributed by atoms with Gasteiger partial charge in [-0.2, -0.15) is 0 Å². The zero-order valence-corrected chi connectivity index (χ0v) is 11.4. The van der Waals surface area contributed by atoms with Gasteiger partial charge in [0.15, 0.2) is 0 Å². The van der Waals surface area contributed by atoms with E-state index >= 15 is 0 Å². The summed E-state index contributed by atoms with van der Waals surface area (Å²) >= 11 is 1.37. The number of thioether (sulfide) groups is 1. The second-order valence-corrected chi connectivity index (χ2v) is 5.02. The summed E-state index contributed by atoms with van der Waals surface area (Å²) in [6.07, 6.45) is 3.06. The molecular formula is C13H9N3O4S. The minimum absolute atomic E-state index is 0.0729. The summed E-state index contributed by atoms with van der Waals surface area (Å²) in [6, 6.07) is 8.09. The number of aromatic nitrogens is 2. The molecule has 0 spiro atoms. The number of nitrogens with zero attached hydrogens (tertiary/aromatic N) is 3. The average Bonchev–Trinajstić information content (AvgIpc) is 3.16. The Labute approximate surface area is 123 Å². The lowest BCUT2D eigenvalue weighted by molar-refractivity contribution is -0.384. The van der Waals surface area contributed by atoms with E-state index < -0.39 is 4.92 Å². The van der Waals surface area contributed by atoms with Gasteiger partial charge >= 0.3 is 0 Å². The van der Waals surface area contributed by atoms with Gasteiger partial charge in [0.1, 0.15) is 6.26 Å². The van der Waals surface area contributed by atoms with Gasteiger partial charge in [0.05, 0.1) is 16.7 Å². The van der Waals surface area contributed by atoms with Crippen LogP contribution >= 0.6 is 11.8 Å². The first-order valence-electron chi connectivity index (χ1n) is 5.94. The fraction of sp³-hybridized carbons (Fsp3) is 0.0769. The lowest BCUT2D eigenvalue weighted by Gasteiger charge is -1.97. The van der Waals surface area contributed by atoms with Crippen molar-refractivity contribution in [1.29, 1.82) is 0 Å². The molecule has 0 aliphatic carbocycles. The minimum Gasteiger partial charge on any atom is -0.472 e. The van der Waals surface area contributed by atoms with Gasteiger partial charge in [0.25, 0.3) is 16.8 Å². The molecule has 3 aromatic rings. The van der Waals surface area contributed by atoms with E-state index in [1.54, 1.807) is 18.2 Å². The fourth-order valence-electron chi connectivity index (χ4n) is 1.63. The molecular weight excluding hydrogens is 294 g/mol. The quantitative estimate of drug-likeness (QED) is 0.404. The van der Waals surface area contributed by atoms with Crippen molar-refractivity contribution in [2.24, 2.45) is 0 Å². The van der Waals surface area contributed by atoms with Gasteiger partial charge in [-0.3, -0.25) is 10.1 Å². The monoisotopic (exact) mass is 303 g/mol. The second kappa shape index (κ2) is 5.80. The maximum Gasteiger partial charge on any atom is 0.277 e. The van der Waals surface area contributed by atoms with Crippen LogP contribution in [0.5, 0.6) is 0 Å². The van der Waals surface area contributed by atoms with E-state index in [0.29, 0.717) is 16.9 Å². The molecule has 0 bridgehead atoms. The predicted octanol–water partition coefficient (Wildman–Crippen LogP) is 3.53. The Morgan fingerprint density at radius 3 is 2.67 bits per heavy atom. The van der Waals surface area contributed by atoms with Crippen molar-refractivity contribution in [3.63, 3.8) is 0 Å². The highest BCUT2D eigenvalue weighted by Gasteiger charge is 2.10. The van der Waals surface area contributed by atoms with Crippen LogP contribution in [0.25, 0.3) is 11.5 Å². The van der Waals surface area contributed by atoms with E-state index in [1.165, 1.54) is 36.4 Å². The van der Waals surface area contributed by atoms with Crippen LogP contribution < -0.4 is 0 Å². The third kappa shape index (κ3) is 3.11. The Balaban J connectivity index is 1.64. The number of nitro benzene ring substituents is 1. The van der Waals surface area contributed by atoms with Crippen molar-refractivity contribution in [1.82, 2.24) is 10.2 Å². The zero-order valence-electron chi connectivity index (χ0n) is 10.6. The van der Waals surface area contributed by atoms with Gasteiger partial charge in [0.2, 0.25) is 0 Å². The summed E-state index contributed by atoms with van der Waals surface area (Å²) in [5.74, 6) is 0.986. The molecule has 0 aliphatic heterocycles. The van der Waals surface area contributed by atoms with Crippen LogP contribution in [0.3, 0.4) is 0 Å². The van der Waals surface area contributed by atoms with Gasteiger partial charge < -0.3 is 8.83 Å². The predicted molar refractivity (Wildman–Crippen MR) is 74.7 cm³/mol. The van der Waals surface area contributed by atoms with Crippen LogP contribution in [0.1, 0.15) is 5.56 Å². The Morgan fingerprint density at radius 2 is 2.00 bits per heavy atom. The summed E-state index contributed by atoms with van der Waals surface area (Å²) in [4.78, 5) is 10.1. The summed E-state index contributed by atoms with van der Waals surface area (Å²) < 4.78 is 10.4. The highest BCUT2D eigenvalue weighted by molar-refractivity contribution is 7.98. The summed E-state index contributed by atoms with van der Waals surface area (Å²) in [5, 5.41) is 18.9. The highest BCUT2D eigenvalue weighted by atomic mass is 32.2. The standard InChI is InChI=1S/C13H9N3O4S/c17-16(18)11-3-1-9(2-4-11)8-21-13-15-14-12(20-13)10-5-6-19-7-10/h1-7H,8H2. The molecule has 2 aromatic heterocycles. The maximum atomic E-state index is 10.6. The molecule has 0 radical (unpaired) electrons. The van der Waals surface area contributed by atoms with Gasteiger partial charge in [-0.15, -0.1) is 10.2 Å². The van der Waals surface area contributed by atoms with Gasteiger partial charge in [-0.1, -0.05) is 23.9 Å². The van der Waals surface area contributed by atoms with Crippen LogP contribution in [0.2, 0.25) is 0 Å². The lowest BCUT2D eigenvalue weighted by atomic mass is 10.2. The van der Waals surface area contributed by atoms with E-state index in [4.69, 9.17) is 8.83 Å². The van der Waals surface area contributed by atoms with Crippen molar-refractivity contribution in [3.05, 3.63) is 58.5 Å². The molecule has 0 fully saturated rings. The van der Waals surface area contributed by atoms with E-state index in [1.807, 2.05) is 0 Å². The van der Waals surface area contributed by atoms with Crippen molar-refractivity contribution >= 4 is 17.4 Å². The topological polar surface area (TPSA) is 95.2 Å². The van der Waals surface area contributed by atoms with E-state index in [9.17, 15) is 10.1 Å². The number of hydrogen-bond donors (Lipinski definition) is 0. The molecule has 21 heavy (non-hydrogen) atoms. The number of non-ortho nitro benzene ring substituents is 1. The molecule has 0 N–H and O–H groups in total. The van der Waals surface area contributed by atoms with Crippen molar-refractivity contribution in [2.45, 2.75) is 11.0 Å². The first-order valence-corrected chi connectivity index (χ1v) is 6.93. The first kappa shape index (κ1) is 13.4. The van der Waals surface area contributed by atoms with E-state index in [-0.39, 0.29) is 5.69 Å². The Kier molecular flexibility index (Phi) is 3.69. The Hall–Kier alpha value is -2.61. The third-order valence-corrected chi connectivity index (χ3v) is 3.57. The molecule has 106 valence electrons. The molecule has 0 saturated heterocycles. The van der Waals surface area contributed by atoms with Crippen LogP contribution in [0.15, 0.2) is 56.9 Å². The minimum atomic E-state index is -0.424. The van der Waals surface area contributed by atoms with E-state index in [2.05, 4.69) is 10.2 Å². The number of rotatable bonds is 5. The SMILES string of the molecule is O=[N+]([O-])c1ccc(CSc2nnc(-c3ccoc3)o2)cc1. The molecule has 7 nitrogen and oxygen atoms in total. The Morgan fingerprint density at radius 1 is 1.19 bits per heavy atom. The summed E-state index contributed by atoms with van der Waals surface area (Å²) in [6.45, 7) is 0. The smallest absolute Gasteiger partial charge is 0.277 e. The molecule has 2 heterocycles. The van der Waals surface area contributed by atoms with Crippen LogP contribution in [-0.2, 0) is 5.75 Å². The lowest BCUT2D eigenvalue weighted by Crippen LogP contribution is -1.88. The normalized spacial score (nSPS) is 10.7. The first-order chi connectivity index (χ1) is 10.2. The van der Waals surface area contributed by atoms with E-state index in [0.717, 1.165) is 11.1 Å². The van der Waals surface area contributed by atoms with Crippen LogP contribution in [0.4, 0.5) is 5.69 Å². The fourth-order valence-corrected chi connectivity index (χ4v) is 2.35. The second-order valence-electron chi connectivity index (χ2n) is 4.10. The largest absolute Gasteiger partial charge is 0.472 e. The molecule has 8 heteroatoms. The zero-order chi connectivity index (χ0) is 14.7. The molecule has 0 saturated carbocycles. The van der Waals surface area contributed by atoms with Crippen molar-refractivity contribution in [3.8, 4) is 11.5 Å². The third-order valence-electron chi connectivity index (χ3n) is 2.68. The van der Waals surface area contributed by atoms with Crippen molar-refractivity contribution in [2.75, 3.05) is 0 Å².